The Hall–Kier alpha value is -2.33. The molecule has 20 heavy (non-hydrogen) atoms. The van der Waals surface area contributed by atoms with Gasteiger partial charge < -0.3 is 10.5 Å². The number of anilines is 1. The number of ether oxygens (including phenoxy) is 1. The molecular formula is C16H14N2OS. The van der Waals surface area contributed by atoms with Gasteiger partial charge in [-0.2, -0.15) is 0 Å². The van der Waals surface area contributed by atoms with Gasteiger partial charge in [-0.1, -0.05) is 12.1 Å². The summed E-state index contributed by atoms with van der Waals surface area (Å²) in [5, 5.41) is 3.03. The minimum absolute atomic E-state index is 0.753. The number of rotatable bonds is 3. The molecular weight excluding hydrogens is 268 g/mol. The van der Waals surface area contributed by atoms with Gasteiger partial charge in [0.15, 0.2) is 0 Å². The molecule has 0 spiro atoms. The molecule has 3 aromatic rings. The fourth-order valence-electron chi connectivity index (χ4n) is 1.97. The van der Waals surface area contributed by atoms with Crippen LogP contribution in [0.25, 0.3) is 21.8 Å². The fourth-order valence-corrected chi connectivity index (χ4v) is 2.80. The number of nitrogens with two attached hydrogens (primary N) is 1. The van der Waals surface area contributed by atoms with Crippen LogP contribution in [0.1, 0.15) is 0 Å². The molecule has 0 aliphatic rings. The molecule has 0 aliphatic carbocycles. The molecule has 0 saturated carbocycles. The van der Waals surface area contributed by atoms with Crippen molar-refractivity contribution < 1.29 is 4.74 Å². The lowest BCUT2D eigenvalue weighted by atomic mass is 10.1. The van der Waals surface area contributed by atoms with Crippen LogP contribution in [0.2, 0.25) is 0 Å². The zero-order chi connectivity index (χ0) is 13.9. The fraction of sp³-hybridized carbons (Fsp3) is 0.0625. The molecule has 0 fully saturated rings. The molecule has 0 saturated heterocycles. The summed E-state index contributed by atoms with van der Waals surface area (Å²) in [6.07, 6.45) is 0. The number of methoxy groups -OCH3 is 1. The summed E-state index contributed by atoms with van der Waals surface area (Å²) >= 11 is 1.62. The molecule has 0 amide bonds. The van der Waals surface area contributed by atoms with Crippen LogP contribution >= 0.6 is 11.3 Å². The van der Waals surface area contributed by atoms with Crippen LogP contribution in [-0.4, -0.2) is 12.1 Å². The Balaban J connectivity index is 1.93. The van der Waals surface area contributed by atoms with E-state index in [1.807, 2.05) is 48.5 Å². The number of thiazole rings is 1. The molecule has 0 bridgehead atoms. The monoisotopic (exact) mass is 282 g/mol. The van der Waals surface area contributed by atoms with Gasteiger partial charge in [-0.3, -0.25) is 0 Å². The summed E-state index contributed by atoms with van der Waals surface area (Å²) in [5.41, 5.74) is 9.66. The van der Waals surface area contributed by atoms with Gasteiger partial charge in [0.05, 0.1) is 12.8 Å². The maximum Gasteiger partial charge on any atom is 0.124 e. The number of hydrogen-bond acceptors (Lipinski definition) is 4. The molecule has 4 heteroatoms. The molecule has 1 heterocycles. The first-order valence-corrected chi connectivity index (χ1v) is 7.10. The first-order valence-electron chi connectivity index (χ1n) is 6.22. The minimum Gasteiger partial charge on any atom is -0.497 e. The lowest BCUT2D eigenvalue weighted by Crippen LogP contribution is -1.85. The van der Waals surface area contributed by atoms with E-state index < -0.39 is 0 Å². The van der Waals surface area contributed by atoms with Crippen molar-refractivity contribution in [2.75, 3.05) is 12.8 Å². The second-order valence-electron chi connectivity index (χ2n) is 4.39. The van der Waals surface area contributed by atoms with E-state index in [1.165, 1.54) is 0 Å². The van der Waals surface area contributed by atoms with E-state index >= 15 is 0 Å². The van der Waals surface area contributed by atoms with Crippen LogP contribution in [0.4, 0.5) is 5.69 Å². The highest BCUT2D eigenvalue weighted by molar-refractivity contribution is 7.13. The zero-order valence-electron chi connectivity index (χ0n) is 11.0. The Morgan fingerprint density at radius 1 is 1.05 bits per heavy atom. The predicted molar refractivity (Wildman–Crippen MR) is 84.0 cm³/mol. The average Bonchev–Trinajstić information content (AvgIpc) is 2.97. The standard InChI is InChI=1S/C16H14N2OS/c1-19-14-7-5-11(6-8-14)15-10-20-16(18-15)12-3-2-4-13(17)9-12/h2-10H,17H2,1H3. The zero-order valence-corrected chi connectivity index (χ0v) is 11.9. The second kappa shape index (κ2) is 5.35. The third kappa shape index (κ3) is 2.51. The Morgan fingerprint density at radius 2 is 1.85 bits per heavy atom. The van der Waals surface area contributed by atoms with Crippen LogP contribution in [0.15, 0.2) is 53.9 Å². The lowest BCUT2D eigenvalue weighted by molar-refractivity contribution is 0.415. The van der Waals surface area contributed by atoms with Crippen molar-refractivity contribution in [2.45, 2.75) is 0 Å². The number of aromatic nitrogens is 1. The highest BCUT2D eigenvalue weighted by atomic mass is 32.1. The summed E-state index contributed by atoms with van der Waals surface area (Å²) in [5.74, 6) is 0.847. The molecule has 0 radical (unpaired) electrons. The van der Waals surface area contributed by atoms with Crippen LogP contribution in [-0.2, 0) is 0 Å². The SMILES string of the molecule is COc1ccc(-c2csc(-c3cccc(N)c3)n2)cc1. The third-order valence-electron chi connectivity index (χ3n) is 3.02. The number of hydrogen-bond donors (Lipinski definition) is 1. The second-order valence-corrected chi connectivity index (χ2v) is 5.25. The molecule has 3 nitrogen and oxygen atoms in total. The molecule has 0 atom stereocenters. The molecule has 1 aromatic heterocycles. The summed E-state index contributed by atoms with van der Waals surface area (Å²) < 4.78 is 5.16. The normalized spacial score (nSPS) is 10.4. The molecule has 0 aliphatic heterocycles. The van der Waals surface area contributed by atoms with Crippen molar-refractivity contribution in [3.8, 4) is 27.6 Å². The summed E-state index contributed by atoms with van der Waals surface area (Å²) in [6.45, 7) is 0. The van der Waals surface area contributed by atoms with Crippen LogP contribution in [0.5, 0.6) is 5.75 Å². The average molecular weight is 282 g/mol. The highest BCUT2D eigenvalue weighted by Gasteiger charge is 2.07. The quantitative estimate of drug-likeness (QED) is 0.737. The van der Waals surface area contributed by atoms with Crippen molar-refractivity contribution in [1.29, 1.82) is 0 Å². The van der Waals surface area contributed by atoms with Gasteiger partial charge >= 0.3 is 0 Å². The topological polar surface area (TPSA) is 48.1 Å². The van der Waals surface area contributed by atoms with Gasteiger partial charge in [-0.15, -0.1) is 11.3 Å². The van der Waals surface area contributed by atoms with E-state index in [9.17, 15) is 0 Å². The van der Waals surface area contributed by atoms with Crippen molar-refractivity contribution >= 4 is 17.0 Å². The Labute approximate surface area is 121 Å². The number of benzene rings is 2. The lowest BCUT2D eigenvalue weighted by Gasteiger charge is -2.01. The predicted octanol–water partition coefficient (Wildman–Crippen LogP) is 4.07. The Morgan fingerprint density at radius 3 is 2.55 bits per heavy atom. The Bertz CT molecular complexity index is 719. The van der Waals surface area contributed by atoms with Gasteiger partial charge in [-0.25, -0.2) is 4.98 Å². The molecule has 0 unspecified atom stereocenters. The first kappa shape index (κ1) is 12.7. The number of nitrogens with zero attached hydrogens (tertiary/aromatic N) is 1. The van der Waals surface area contributed by atoms with Crippen LogP contribution < -0.4 is 10.5 Å². The van der Waals surface area contributed by atoms with E-state index in [4.69, 9.17) is 10.5 Å². The van der Waals surface area contributed by atoms with E-state index in [-0.39, 0.29) is 0 Å². The molecule has 2 N–H and O–H groups in total. The van der Waals surface area contributed by atoms with Gasteiger partial charge in [0.2, 0.25) is 0 Å². The number of nitrogen functional groups attached to an aromatic ring is 1. The van der Waals surface area contributed by atoms with Crippen molar-refractivity contribution in [3.05, 3.63) is 53.9 Å². The van der Waals surface area contributed by atoms with E-state index in [1.54, 1.807) is 18.4 Å². The largest absolute Gasteiger partial charge is 0.497 e. The maximum atomic E-state index is 5.81. The molecule has 100 valence electrons. The van der Waals surface area contributed by atoms with E-state index in [0.29, 0.717) is 0 Å². The van der Waals surface area contributed by atoms with E-state index in [2.05, 4.69) is 10.4 Å². The van der Waals surface area contributed by atoms with Crippen molar-refractivity contribution in [1.82, 2.24) is 4.98 Å². The first-order chi connectivity index (χ1) is 9.76. The minimum atomic E-state index is 0.753. The van der Waals surface area contributed by atoms with Gasteiger partial charge in [0.25, 0.3) is 0 Å². The highest BCUT2D eigenvalue weighted by Crippen LogP contribution is 2.30. The summed E-state index contributed by atoms with van der Waals surface area (Å²) in [4.78, 5) is 4.67. The van der Waals surface area contributed by atoms with E-state index in [0.717, 1.165) is 33.3 Å². The van der Waals surface area contributed by atoms with Crippen LogP contribution in [0, 0.1) is 0 Å². The van der Waals surface area contributed by atoms with Gasteiger partial charge in [0.1, 0.15) is 10.8 Å². The van der Waals surface area contributed by atoms with Crippen molar-refractivity contribution in [2.24, 2.45) is 0 Å². The van der Waals surface area contributed by atoms with Crippen LogP contribution in [0.3, 0.4) is 0 Å². The third-order valence-corrected chi connectivity index (χ3v) is 3.91. The van der Waals surface area contributed by atoms with Gasteiger partial charge in [0, 0.05) is 22.2 Å². The maximum absolute atomic E-state index is 5.81. The summed E-state index contributed by atoms with van der Waals surface area (Å²) in [6, 6.07) is 15.7. The molecule has 2 aromatic carbocycles. The molecule has 3 rings (SSSR count). The Kier molecular flexibility index (Phi) is 3.39. The van der Waals surface area contributed by atoms with Gasteiger partial charge in [-0.05, 0) is 36.4 Å². The smallest absolute Gasteiger partial charge is 0.124 e. The summed E-state index contributed by atoms with van der Waals surface area (Å²) in [7, 11) is 1.66. The van der Waals surface area contributed by atoms with Crippen molar-refractivity contribution in [3.63, 3.8) is 0 Å².